The lowest BCUT2D eigenvalue weighted by Gasteiger charge is -2.39. The number of rotatable bonds is 8. The molecule has 11 nitrogen and oxygen atoms in total. The Balaban J connectivity index is 0.00000427. The number of morpholine rings is 1. The summed E-state index contributed by atoms with van der Waals surface area (Å²) in [6, 6.07) is 29.7. The molecule has 6 aromatic rings. The summed E-state index contributed by atoms with van der Waals surface area (Å²) < 4.78 is 19.0. The lowest BCUT2D eigenvalue weighted by Crippen LogP contribution is -2.47. The Hall–Kier alpha value is -5.88. The van der Waals surface area contributed by atoms with Gasteiger partial charge in [-0.3, -0.25) is 19.4 Å². The summed E-state index contributed by atoms with van der Waals surface area (Å²) >= 11 is 0. The molecular formula is C43H40ClN5O6. The number of hydrogen-bond donors (Lipinski definition) is 1. The van der Waals surface area contributed by atoms with Crippen molar-refractivity contribution in [3.63, 3.8) is 0 Å². The van der Waals surface area contributed by atoms with Crippen LogP contribution in [0.3, 0.4) is 0 Å². The molecule has 0 unspecified atom stereocenters. The fraction of sp³-hybridized carbons (Fsp3) is 0.233. The van der Waals surface area contributed by atoms with Crippen molar-refractivity contribution in [2.24, 2.45) is 0 Å². The Morgan fingerprint density at radius 1 is 0.836 bits per heavy atom. The minimum Gasteiger partial charge on any atom is -0.508 e. The van der Waals surface area contributed by atoms with Crippen LogP contribution in [0.25, 0.3) is 16.8 Å². The Morgan fingerprint density at radius 2 is 1.55 bits per heavy atom. The second kappa shape index (κ2) is 15.5. The molecule has 0 bridgehead atoms. The van der Waals surface area contributed by atoms with Crippen molar-refractivity contribution in [1.29, 1.82) is 0 Å². The maximum Gasteiger partial charge on any atom is 0.266 e. The number of ether oxygens (including phenoxy) is 3. The van der Waals surface area contributed by atoms with Gasteiger partial charge in [0.05, 0.1) is 24.3 Å². The standard InChI is InChI=1S/C43H39N5O6.ClH/c49-35-12-10-33(11-13-35)48(32-8-2-1-3-9-32)43(51)36-15-17-46-26-31(25-44-41(36)46)37-23-39-40(54-28-53-39)24-38(37)42(50)47-27-30-7-5-4-6-29(30)22-34(47)14-16-45-18-20-52-21-19-45;/h1-13,15,17,23-26,34,49H,14,16,18-22,27-28H2;1H/t34-;/m1./s1. The molecule has 1 saturated heterocycles. The molecule has 12 heteroatoms. The first-order chi connectivity index (χ1) is 26.5. The van der Waals surface area contributed by atoms with Gasteiger partial charge in [-0.2, -0.15) is 0 Å². The minimum atomic E-state index is -0.276. The molecule has 0 aliphatic carbocycles. The number of fused-ring (bicyclic) bond motifs is 3. The molecule has 280 valence electrons. The highest BCUT2D eigenvalue weighted by Gasteiger charge is 2.34. The molecule has 1 N–H and O–H groups in total. The molecule has 0 radical (unpaired) electrons. The molecule has 9 rings (SSSR count). The van der Waals surface area contributed by atoms with E-state index in [0.717, 1.165) is 51.3 Å². The van der Waals surface area contributed by atoms with Crippen LogP contribution < -0.4 is 14.4 Å². The van der Waals surface area contributed by atoms with Crippen LogP contribution in [-0.4, -0.2) is 81.8 Å². The molecule has 2 amide bonds. The maximum atomic E-state index is 14.9. The molecule has 1 atom stereocenters. The number of amides is 2. The quantitative estimate of drug-likeness (QED) is 0.175. The van der Waals surface area contributed by atoms with Crippen molar-refractivity contribution in [2.75, 3.05) is 44.5 Å². The van der Waals surface area contributed by atoms with Crippen molar-refractivity contribution >= 4 is 41.2 Å². The molecule has 55 heavy (non-hydrogen) atoms. The first-order valence-electron chi connectivity index (χ1n) is 18.3. The predicted octanol–water partition coefficient (Wildman–Crippen LogP) is 7.13. The molecule has 4 aromatic carbocycles. The van der Waals surface area contributed by atoms with Gasteiger partial charge in [-0.25, -0.2) is 4.98 Å². The van der Waals surface area contributed by atoms with Crippen molar-refractivity contribution in [1.82, 2.24) is 19.2 Å². The third-order valence-corrected chi connectivity index (χ3v) is 10.6. The first kappa shape index (κ1) is 36.1. The number of phenols is 1. The number of carbonyl (C=O) groups excluding carboxylic acids is 2. The number of aromatic hydroxyl groups is 1. The number of para-hydroxylation sites is 1. The number of aromatic nitrogens is 2. The van der Waals surface area contributed by atoms with Crippen LogP contribution in [0, 0.1) is 0 Å². The van der Waals surface area contributed by atoms with Crippen LogP contribution in [0.1, 0.15) is 38.3 Å². The molecule has 0 saturated carbocycles. The van der Waals surface area contributed by atoms with Gasteiger partial charge in [0.2, 0.25) is 6.79 Å². The zero-order valence-electron chi connectivity index (χ0n) is 30.0. The SMILES string of the molecule is Cl.O=C(c1ccn2cc(-c3cc4c(cc3C(=O)N3Cc5ccccc5C[C@H]3CCN3CCOCC3)OCO4)cnc12)N(c1ccccc1)c1ccc(O)cc1. The van der Waals surface area contributed by atoms with Gasteiger partial charge < -0.3 is 28.6 Å². The number of anilines is 2. The highest BCUT2D eigenvalue weighted by molar-refractivity contribution is 6.14. The van der Waals surface area contributed by atoms with Crippen LogP contribution in [-0.2, 0) is 17.7 Å². The zero-order valence-corrected chi connectivity index (χ0v) is 30.9. The second-order valence-electron chi connectivity index (χ2n) is 13.8. The number of benzene rings is 4. The normalized spacial score (nSPS) is 16.4. The van der Waals surface area contributed by atoms with Crippen LogP contribution in [0.2, 0.25) is 0 Å². The average Bonchev–Trinajstić information content (AvgIpc) is 3.87. The topological polar surface area (TPSA) is 109 Å². The third kappa shape index (κ3) is 7.09. The van der Waals surface area contributed by atoms with E-state index in [1.807, 2.05) is 58.0 Å². The zero-order chi connectivity index (χ0) is 36.6. The van der Waals surface area contributed by atoms with Crippen LogP contribution in [0.5, 0.6) is 17.2 Å². The molecule has 1 fully saturated rings. The van der Waals surface area contributed by atoms with Crippen molar-refractivity contribution < 1.29 is 28.9 Å². The monoisotopic (exact) mass is 757 g/mol. The number of nitrogens with zero attached hydrogens (tertiary/aromatic N) is 5. The number of halogens is 1. The maximum absolute atomic E-state index is 14.9. The Morgan fingerprint density at radius 3 is 2.33 bits per heavy atom. The van der Waals surface area contributed by atoms with E-state index in [9.17, 15) is 14.7 Å². The highest BCUT2D eigenvalue weighted by atomic mass is 35.5. The number of carbonyl (C=O) groups is 2. The van der Waals surface area contributed by atoms with Gasteiger partial charge in [-0.1, -0.05) is 42.5 Å². The van der Waals surface area contributed by atoms with Crippen molar-refractivity contribution in [3.05, 3.63) is 138 Å². The van der Waals surface area contributed by atoms with Gasteiger partial charge in [0, 0.05) is 73.3 Å². The molecule has 3 aliphatic heterocycles. The van der Waals surface area contributed by atoms with Gasteiger partial charge in [0.25, 0.3) is 11.8 Å². The number of phenolic OH excluding ortho intramolecular Hbond substituents is 1. The summed E-state index contributed by atoms with van der Waals surface area (Å²) in [4.78, 5) is 40.0. The summed E-state index contributed by atoms with van der Waals surface area (Å²) in [7, 11) is 0. The lowest BCUT2D eigenvalue weighted by molar-refractivity contribution is 0.0308. The van der Waals surface area contributed by atoms with Crippen molar-refractivity contribution in [2.45, 2.75) is 25.4 Å². The summed E-state index contributed by atoms with van der Waals surface area (Å²) in [6.45, 7) is 4.73. The smallest absolute Gasteiger partial charge is 0.266 e. The number of hydrogen-bond acceptors (Lipinski definition) is 8. The second-order valence-corrected chi connectivity index (χ2v) is 13.8. The fourth-order valence-corrected chi connectivity index (χ4v) is 7.73. The summed E-state index contributed by atoms with van der Waals surface area (Å²) in [5, 5.41) is 9.94. The van der Waals surface area contributed by atoms with E-state index in [0.29, 0.717) is 57.3 Å². The van der Waals surface area contributed by atoms with E-state index in [4.69, 9.17) is 19.2 Å². The van der Waals surface area contributed by atoms with Gasteiger partial charge >= 0.3 is 0 Å². The van der Waals surface area contributed by atoms with E-state index in [-0.39, 0.29) is 42.8 Å². The molecule has 5 heterocycles. The summed E-state index contributed by atoms with van der Waals surface area (Å²) in [5.41, 5.74) is 6.44. The summed E-state index contributed by atoms with van der Waals surface area (Å²) in [5.74, 6) is 0.841. The van der Waals surface area contributed by atoms with E-state index in [1.165, 1.54) is 5.56 Å². The van der Waals surface area contributed by atoms with Crippen LogP contribution >= 0.6 is 12.4 Å². The Kier molecular flexibility index (Phi) is 10.2. The predicted molar refractivity (Wildman–Crippen MR) is 211 cm³/mol. The van der Waals surface area contributed by atoms with Gasteiger partial charge in [-0.05, 0) is 78.6 Å². The van der Waals surface area contributed by atoms with E-state index in [1.54, 1.807) is 53.7 Å². The van der Waals surface area contributed by atoms with E-state index in [2.05, 4.69) is 23.1 Å². The Labute approximate surface area is 324 Å². The van der Waals surface area contributed by atoms with E-state index < -0.39 is 0 Å². The lowest BCUT2D eigenvalue weighted by atomic mass is 9.90. The van der Waals surface area contributed by atoms with Crippen LogP contribution in [0.15, 0.2) is 116 Å². The molecule has 0 spiro atoms. The highest BCUT2D eigenvalue weighted by Crippen LogP contribution is 2.40. The van der Waals surface area contributed by atoms with Crippen LogP contribution in [0.4, 0.5) is 11.4 Å². The van der Waals surface area contributed by atoms with Gasteiger partial charge in [0.1, 0.15) is 11.4 Å². The summed E-state index contributed by atoms with van der Waals surface area (Å²) in [6.07, 6.45) is 7.02. The molecule has 3 aliphatic rings. The van der Waals surface area contributed by atoms with Crippen molar-refractivity contribution in [3.8, 4) is 28.4 Å². The Bertz CT molecular complexity index is 2340. The molecular weight excluding hydrogens is 718 g/mol. The van der Waals surface area contributed by atoms with E-state index >= 15 is 0 Å². The molecule has 2 aromatic heterocycles. The fourth-order valence-electron chi connectivity index (χ4n) is 7.73. The third-order valence-electron chi connectivity index (χ3n) is 10.6. The first-order valence-corrected chi connectivity index (χ1v) is 18.3. The van der Waals surface area contributed by atoms with Gasteiger partial charge in [0.15, 0.2) is 11.5 Å². The average molecular weight is 758 g/mol. The largest absolute Gasteiger partial charge is 0.508 e. The van der Waals surface area contributed by atoms with Gasteiger partial charge in [-0.15, -0.1) is 12.4 Å². The minimum absolute atomic E-state index is 0.